The molecule has 0 aromatic heterocycles. The Hall–Kier alpha value is -5.79. The molecule has 0 spiro atoms. The Morgan fingerprint density at radius 1 is 0.875 bits per heavy atom. The van der Waals surface area contributed by atoms with Crippen LogP contribution in [0.25, 0.3) is 5.57 Å². The molecule has 0 aliphatic carbocycles. The van der Waals surface area contributed by atoms with Gasteiger partial charge in [0.15, 0.2) is 11.4 Å². The van der Waals surface area contributed by atoms with E-state index in [0.29, 0.717) is 36.9 Å². The summed E-state index contributed by atoms with van der Waals surface area (Å²) in [5, 5.41) is 2.63. The van der Waals surface area contributed by atoms with Crippen LogP contribution >= 0.6 is 0 Å². The van der Waals surface area contributed by atoms with Crippen molar-refractivity contribution >= 4 is 63.2 Å². The fourth-order valence-electron chi connectivity index (χ4n) is 7.61. The van der Waals surface area contributed by atoms with Crippen molar-refractivity contribution in [3.8, 4) is 0 Å². The van der Waals surface area contributed by atoms with Gasteiger partial charge in [-0.05, 0) is 75.9 Å². The minimum atomic E-state index is -4.73. The van der Waals surface area contributed by atoms with E-state index in [1.54, 1.807) is 18.2 Å². The number of nitrogens with one attached hydrogen (secondary N) is 1. The van der Waals surface area contributed by atoms with Gasteiger partial charge < -0.3 is 14.6 Å². The molecule has 0 atom stereocenters. The minimum Gasteiger partial charge on any atom is -0.744 e. The predicted octanol–water partition coefficient (Wildman–Crippen LogP) is 5.62. The number of hydrogen-bond acceptors (Lipinski definition) is 8. The fraction of sp³-hybridized carbons (Fsp3) is 0.302. The summed E-state index contributed by atoms with van der Waals surface area (Å²) < 4.78 is 45.6. The average Bonchev–Trinajstić information content (AvgIpc) is 3.67. The fourth-order valence-corrected chi connectivity index (χ4v) is 8.10. The van der Waals surface area contributed by atoms with Crippen molar-refractivity contribution in [3.63, 3.8) is 0 Å². The molecule has 0 fully saturated rings. The van der Waals surface area contributed by atoms with Gasteiger partial charge in [0.1, 0.15) is 30.0 Å². The zero-order valence-corrected chi connectivity index (χ0v) is 32.9. The number of ether oxygens (including phenoxy) is 1. The molecule has 56 heavy (non-hydrogen) atoms. The number of hydrogen-bond donors (Lipinski definition) is 1. The third-order valence-corrected chi connectivity index (χ3v) is 11.6. The Morgan fingerprint density at radius 3 is 2.18 bits per heavy atom. The number of amides is 3. The molecule has 0 bridgehead atoms. The van der Waals surface area contributed by atoms with Crippen LogP contribution in [0.1, 0.15) is 80.4 Å². The Bertz CT molecular complexity index is 2380. The van der Waals surface area contributed by atoms with Gasteiger partial charge in [0.05, 0.1) is 28.4 Å². The van der Waals surface area contributed by atoms with E-state index in [1.165, 1.54) is 19.2 Å². The van der Waals surface area contributed by atoms with Crippen LogP contribution in [0.3, 0.4) is 0 Å². The number of benzene rings is 3. The number of nitrogens with zero attached hydrogens (tertiary/aromatic N) is 3. The first-order valence-corrected chi connectivity index (χ1v) is 19.7. The van der Waals surface area contributed by atoms with Crippen molar-refractivity contribution in [2.45, 2.75) is 69.1 Å². The number of para-hydroxylation sites is 1. The highest BCUT2D eigenvalue weighted by Crippen LogP contribution is 2.47. The van der Waals surface area contributed by atoms with Crippen LogP contribution in [0, 0.1) is 0 Å². The van der Waals surface area contributed by atoms with Crippen molar-refractivity contribution in [2.24, 2.45) is 0 Å². The lowest BCUT2D eigenvalue weighted by molar-refractivity contribution is -0.438. The summed E-state index contributed by atoms with van der Waals surface area (Å²) in [6.07, 6.45) is 8.57. The standard InChI is InChI=1S/C43H44N4O8S/c1-42(2)32-12-9-10-13-34(32)45(5)36(42)24-30(28-15-17-29(18-16-28)41(51)55-6)25-37-43(3,4)33-26-31(56(52,53)54)19-20-35(33)46(37)23-11-7-8-14-38(48)44-27-47-39(49)21-22-40(47)50/h9-10,12-13,15-22,24-26H,5,7-8,11,14,23,27H2,1-4,6H3/p+1. The average molecular weight is 778 g/mol. The van der Waals surface area contributed by atoms with E-state index in [2.05, 4.69) is 48.7 Å². The van der Waals surface area contributed by atoms with E-state index in [4.69, 9.17) is 4.74 Å². The number of rotatable bonds is 13. The van der Waals surface area contributed by atoms with Crippen LogP contribution in [0.5, 0.6) is 0 Å². The van der Waals surface area contributed by atoms with Gasteiger partial charge >= 0.3 is 5.97 Å². The number of carbonyl (C=O) groups excluding carboxylic acids is 4. The molecule has 12 nitrogen and oxygen atoms in total. The van der Waals surface area contributed by atoms with Crippen LogP contribution in [-0.4, -0.2) is 83.5 Å². The van der Waals surface area contributed by atoms with E-state index in [0.717, 1.165) is 56.5 Å². The summed E-state index contributed by atoms with van der Waals surface area (Å²) in [4.78, 5) is 49.2. The van der Waals surface area contributed by atoms with E-state index >= 15 is 0 Å². The lowest BCUT2D eigenvalue weighted by atomic mass is 9.79. The highest BCUT2D eigenvalue weighted by molar-refractivity contribution is 7.85. The van der Waals surface area contributed by atoms with Crippen molar-refractivity contribution in [3.05, 3.63) is 119 Å². The minimum absolute atomic E-state index is 0.187. The third-order valence-electron chi connectivity index (χ3n) is 10.8. The largest absolute Gasteiger partial charge is 0.744 e. The summed E-state index contributed by atoms with van der Waals surface area (Å²) in [5.74, 6) is -1.67. The highest BCUT2D eigenvalue weighted by atomic mass is 32.2. The second-order valence-electron chi connectivity index (χ2n) is 15.1. The van der Waals surface area contributed by atoms with Crippen LogP contribution in [-0.2, 0) is 40.1 Å². The van der Waals surface area contributed by atoms with Crippen LogP contribution in [0.2, 0.25) is 0 Å². The number of esters is 1. The summed E-state index contributed by atoms with van der Waals surface area (Å²) in [6, 6.07) is 19.7. The maximum absolute atomic E-state index is 12.5. The molecule has 0 saturated heterocycles. The summed E-state index contributed by atoms with van der Waals surface area (Å²) in [6.45, 7) is 13.0. The van der Waals surface area contributed by atoms with Gasteiger partial charge in [-0.15, -0.1) is 0 Å². The first-order valence-electron chi connectivity index (χ1n) is 18.3. The van der Waals surface area contributed by atoms with E-state index in [-0.39, 0.29) is 23.9 Å². The van der Waals surface area contributed by atoms with Gasteiger partial charge in [-0.1, -0.05) is 30.3 Å². The molecule has 3 aliphatic rings. The highest BCUT2D eigenvalue weighted by Gasteiger charge is 2.47. The molecule has 3 amide bonds. The van der Waals surface area contributed by atoms with Gasteiger partial charge in [-0.2, -0.15) is 9.15 Å². The van der Waals surface area contributed by atoms with Crippen LogP contribution in [0.15, 0.2) is 102 Å². The maximum atomic E-state index is 12.5. The number of carbonyl (C=O) groups is 4. The maximum Gasteiger partial charge on any atom is 0.337 e. The Morgan fingerprint density at radius 2 is 1.54 bits per heavy atom. The van der Waals surface area contributed by atoms with Crippen LogP contribution in [0.4, 0.5) is 11.4 Å². The number of allylic oxidation sites excluding steroid dienone is 4. The SMILES string of the molecule is C=[N+]1C(=CC(=CC2=[N+](CCCCCC(=O)NCN3C(=O)C=CC3=O)c3ccc(S(=O)(=O)[O-])cc3C2(C)C)c2ccc(C(=O)OC)cc2)C(C)(C)c2ccccc21. The zero-order chi connectivity index (χ0) is 40.6. The van der Waals surface area contributed by atoms with E-state index < -0.39 is 38.7 Å². The smallest absolute Gasteiger partial charge is 0.337 e. The number of methoxy groups -OCH3 is 1. The first kappa shape index (κ1) is 39.9. The lowest BCUT2D eigenvalue weighted by Crippen LogP contribution is -2.40. The van der Waals surface area contributed by atoms with Crippen molar-refractivity contribution in [1.82, 2.24) is 10.2 Å². The summed E-state index contributed by atoms with van der Waals surface area (Å²) in [5.41, 5.74) is 6.20. The molecular formula is C43H45N4O8S+. The van der Waals surface area contributed by atoms with Crippen LogP contribution < -0.4 is 5.32 Å². The first-order chi connectivity index (χ1) is 26.4. The predicted molar refractivity (Wildman–Crippen MR) is 210 cm³/mol. The second kappa shape index (κ2) is 15.4. The van der Waals surface area contributed by atoms with Gasteiger partial charge in [-0.3, -0.25) is 19.3 Å². The van der Waals surface area contributed by atoms with Gasteiger partial charge in [0.2, 0.25) is 17.3 Å². The number of unbranched alkanes of at least 4 members (excludes halogenated alkanes) is 2. The van der Waals surface area contributed by atoms with Crippen molar-refractivity contribution in [1.29, 1.82) is 0 Å². The van der Waals surface area contributed by atoms with Gasteiger partial charge in [0, 0.05) is 60.4 Å². The Labute approximate surface area is 326 Å². The summed E-state index contributed by atoms with van der Waals surface area (Å²) in [7, 11) is -3.40. The quantitative estimate of drug-likeness (QED) is 0.0772. The zero-order valence-electron chi connectivity index (χ0n) is 32.1. The number of imide groups is 1. The Kier molecular flexibility index (Phi) is 11.0. The molecule has 3 aliphatic heterocycles. The molecule has 6 rings (SSSR count). The molecule has 3 aromatic rings. The van der Waals surface area contributed by atoms with E-state index in [9.17, 15) is 32.1 Å². The van der Waals surface area contributed by atoms with Gasteiger partial charge in [-0.25, -0.2) is 13.2 Å². The molecular weight excluding hydrogens is 733 g/mol. The normalized spacial score (nSPS) is 17.8. The second-order valence-corrected chi connectivity index (χ2v) is 16.4. The Balaban J connectivity index is 1.37. The molecule has 290 valence electrons. The molecule has 0 unspecified atom stereocenters. The van der Waals surface area contributed by atoms with E-state index in [1.807, 2.05) is 48.8 Å². The molecule has 0 radical (unpaired) electrons. The van der Waals surface area contributed by atoms with Crippen molar-refractivity contribution in [2.75, 3.05) is 20.3 Å². The van der Waals surface area contributed by atoms with Crippen molar-refractivity contribution < 1.29 is 46.0 Å². The molecule has 13 heteroatoms. The number of fused-ring (bicyclic) bond motifs is 2. The monoisotopic (exact) mass is 777 g/mol. The molecule has 1 N–H and O–H groups in total. The lowest BCUT2D eigenvalue weighted by Gasteiger charge is -2.18. The molecule has 3 heterocycles. The molecule has 3 aromatic carbocycles. The third kappa shape index (κ3) is 7.69. The topological polar surface area (TPSA) is 156 Å². The van der Waals surface area contributed by atoms with Gasteiger partial charge in [0.25, 0.3) is 11.8 Å². The molecule has 0 saturated carbocycles. The summed E-state index contributed by atoms with van der Waals surface area (Å²) >= 11 is 0.